The van der Waals surface area contributed by atoms with E-state index in [4.69, 9.17) is 10.5 Å². The zero-order chi connectivity index (χ0) is 15.5. The van der Waals surface area contributed by atoms with E-state index in [2.05, 4.69) is 19.2 Å². The smallest absolute Gasteiger partial charge is 0.253 e. The van der Waals surface area contributed by atoms with Gasteiger partial charge in [-0.05, 0) is 44.2 Å². The Labute approximate surface area is 127 Å². The topological polar surface area (TPSA) is 64.4 Å². The molecule has 1 aliphatic rings. The predicted molar refractivity (Wildman–Crippen MR) is 85.3 cm³/mol. The Morgan fingerprint density at radius 3 is 2.76 bits per heavy atom. The summed E-state index contributed by atoms with van der Waals surface area (Å²) in [5.41, 5.74) is 7.91. The van der Waals surface area contributed by atoms with Gasteiger partial charge >= 0.3 is 0 Å². The van der Waals surface area contributed by atoms with Crippen molar-refractivity contribution in [3.63, 3.8) is 0 Å². The average molecular weight is 290 g/mol. The molecule has 1 aliphatic heterocycles. The minimum absolute atomic E-state index is 0.0707. The minimum Gasteiger partial charge on any atom is -0.398 e. The van der Waals surface area contributed by atoms with Crippen LogP contribution in [0.5, 0.6) is 0 Å². The molecule has 1 saturated heterocycles. The quantitative estimate of drug-likeness (QED) is 0.838. The maximum atomic E-state index is 12.5. The molecule has 1 aromatic rings. The number of amides is 1. The van der Waals surface area contributed by atoms with E-state index in [-0.39, 0.29) is 17.6 Å². The number of nitrogens with one attached hydrogen (secondary N) is 1. The van der Waals surface area contributed by atoms with Gasteiger partial charge in [0.15, 0.2) is 0 Å². The molecule has 1 heterocycles. The summed E-state index contributed by atoms with van der Waals surface area (Å²) >= 11 is 0. The van der Waals surface area contributed by atoms with Gasteiger partial charge in [-0.1, -0.05) is 26.0 Å². The SMILES string of the molecule is CCC1(CC)CC(NC(=O)c2c(C)cccc2N)CCO1. The first kappa shape index (κ1) is 15.8. The largest absolute Gasteiger partial charge is 0.398 e. The standard InChI is InChI=1S/C17H26N2O2/c1-4-17(5-2)11-13(9-10-21-17)19-16(20)15-12(3)7-6-8-14(15)18/h6-8,13H,4-5,9-11,18H2,1-3H3,(H,19,20). The number of aryl methyl sites for hydroxylation is 1. The average Bonchev–Trinajstić information content (AvgIpc) is 2.47. The van der Waals surface area contributed by atoms with Gasteiger partial charge in [0, 0.05) is 18.3 Å². The number of rotatable bonds is 4. The first-order valence-electron chi connectivity index (χ1n) is 7.81. The number of ether oxygens (including phenoxy) is 1. The Bertz CT molecular complexity index is 489. The van der Waals surface area contributed by atoms with Crippen molar-refractivity contribution in [1.29, 1.82) is 0 Å². The Hall–Kier alpha value is -1.55. The third-order valence-corrected chi connectivity index (χ3v) is 4.65. The number of hydrogen-bond acceptors (Lipinski definition) is 3. The lowest BCUT2D eigenvalue weighted by atomic mass is 9.86. The van der Waals surface area contributed by atoms with Crippen LogP contribution in [-0.4, -0.2) is 24.2 Å². The fourth-order valence-electron chi connectivity index (χ4n) is 3.15. The van der Waals surface area contributed by atoms with E-state index in [0.717, 1.165) is 31.2 Å². The van der Waals surface area contributed by atoms with Crippen molar-refractivity contribution in [3.05, 3.63) is 29.3 Å². The van der Waals surface area contributed by atoms with Gasteiger partial charge in [0.2, 0.25) is 0 Å². The Kier molecular flexibility index (Phi) is 4.88. The number of anilines is 1. The molecule has 21 heavy (non-hydrogen) atoms. The molecule has 4 nitrogen and oxygen atoms in total. The van der Waals surface area contributed by atoms with Crippen LogP contribution in [-0.2, 0) is 4.74 Å². The van der Waals surface area contributed by atoms with E-state index in [9.17, 15) is 4.79 Å². The van der Waals surface area contributed by atoms with Gasteiger partial charge in [0.1, 0.15) is 0 Å². The highest BCUT2D eigenvalue weighted by Crippen LogP contribution is 2.31. The third-order valence-electron chi connectivity index (χ3n) is 4.65. The lowest BCUT2D eigenvalue weighted by molar-refractivity contribution is -0.0917. The van der Waals surface area contributed by atoms with E-state index in [1.165, 1.54) is 0 Å². The fraction of sp³-hybridized carbons (Fsp3) is 0.588. The summed E-state index contributed by atoms with van der Waals surface area (Å²) in [5.74, 6) is -0.0707. The molecular formula is C17H26N2O2. The van der Waals surface area contributed by atoms with Gasteiger partial charge in [0.25, 0.3) is 5.91 Å². The van der Waals surface area contributed by atoms with Gasteiger partial charge in [-0.25, -0.2) is 0 Å². The number of nitrogens with two attached hydrogens (primary N) is 1. The molecule has 1 unspecified atom stereocenters. The van der Waals surface area contributed by atoms with Crippen LogP contribution in [0.15, 0.2) is 18.2 Å². The molecule has 0 aromatic heterocycles. The number of benzene rings is 1. The Balaban J connectivity index is 2.09. The lowest BCUT2D eigenvalue weighted by Crippen LogP contribution is -2.48. The molecule has 1 fully saturated rings. The lowest BCUT2D eigenvalue weighted by Gasteiger charge is -2.40. The second kappa shape index (κ2) is 6.48. The van der Waals surface area contributed by atoms with Crippen LogP contribution in [0.4, 0.5) is 5.69 Å². The van der Waals surface area contributed by atoms with Crippen molar-refractivity contribution in [2.45, 2.75) is 58.1 Å². The van der Waals surface area contributed by atoms with E-state index >= 15 is 0 Å². The molecule has 116 valence electrons. The molecule has 0 saturated carbocycles. The van der Waals surface area contributed by atoms with E-state index in [0.29, 0.717) is 17.9 Å². The molecule has 2 rings (SSSR count). The normalized spacial score (nSPS) is 21.0. The molecule has 0 aliphatic carbocycles. The summed E-state index contributed by atoms with van der Waals surface area (Å²) in [4.78, 5) is 12.5. The summed E-state index contributed by atoms with van der Waals surface area (Å²) in [7, 11) is 0. The van der Waals surface area contributed by atoms with Crippen LogP contribution in [0.2, 0.25) is 0 Å². The molecule has 0 spiro atoms. The number of carbonyl (C=O) groups is 1. The monoisotopic (exact) mass is 290 g/mol. The highest BCUT2D eigenvalue weighted by molar-refractivity contribution is 6.00. The minimum atomic E-state index is -0.0898. The van der Waals surface area contributed by atoms with Crippen molar-refractivity contribution >= 4 is 11.6 Å². The molecule has 4 heteroatoms. The number of nitrogen functional groups attached to an aromatic ring is 1. The van der Waals surface area contributed by atoms with Crippen molar-refractivity contribution < 1.29 is 9.53 Å². The van der Waals surface area contributed by atoms with Gasteiger partial charge in [-0.2, -0.15) is 0 Å². The van der Waals surface area contributed by atoms with E-state index < -0.39 is 0 Å². The molecular weight excluding hydrogens is 264 g/mol. The van der Waals surface area contributed by atoms with Crippen molar-refractivity contribution in [2.24, 2.45) is 0 Å². The summed E-state index contributed by atoms with van der Waals surface area (Å²) in [6, 6.07) is 5.71. The van der Waals surface area contributed by atoms with Gasteiger partial charge in [-0.15, -0.1) is 0 Å². The predicted octanol–water partition coefficient (Wildman–Crippen LogP) is 3.04. The Morgan fingerprint density at radius 2 is 2.14 bits per heavy atom. The molecule has 1 amide bonds. The number of carbonyl (C=O) groups excluding carboxylic acids is 1. The van der Waals surface area contributed by atoms with Crippen LogP contribution in [0.25, 0.3) is 0 Å². The van der Waals surface area contributed by atoms with Gasteiger partial charge in [-0.3, -0.25) is 4.79 Å². The maximum Gasteiger partial charge on any atom is 0.253 e. The summed E-state index contributed by atoms with van der Waals surface area (Å²) in [5, 5.41) is 3.14. The second-order valence-electron chi connectivity index (χ2n) is 5.94. The molecule has 1 aromatic carbocycles. The zero-order valence-electron chi connectivity index (χ0n) is 13.2. The third kappa shape index (κ3) is 3.38. The van der Waals surface area contributed by atoms with Crippen LogP contribution < -0.4 is 11.1 Å². The zero-order valence-corrected chi connectivity index (χ0v) is 13.2. The van der Waals surface area contributed by atoms with Crippen LogP contribution in [0.3, 0.4) is 0 Å². The van der Waals surface area contributed by atoms with E-state index in [1.807, 2.05) is 19.1 Å². The maximum absolute atomic E-state index is 12.5. The number of hydrogen-bond donors (Lipinski definition) is 2. The van der Waals surface area contributed by atoms with Crippen molar-refractivity contribution in [3.8, 4) is 0 Å². The van der Waals surface area contributed by atoms with Crippen molar-refractivity contribution in [1.82, 2.24) is 5.32 Å². The van der Waals surface area contributed by atoms with Crippen LogP contribution >= 0.6 is 0 Å². The van der Waals surface area contributed by atoms with Gasteiger partial charge in [0.05, 0.1) is 11.2 Å². The van der Waals surface area contributed by atoms with Crippen LogP contribution in [0.1, 0.15) is 55.5 Å². The van der Waals surface area contributed by atoms with Crippen molar-refractivity contribution in [2.75, 3.05) is 12.3 Å². The first-order chi connectivity index (χ1) is 10.0. The van der Waals surface area contributed by atoms with Gasteiger partial charge < -0.3 is 15.8 Å². The molecule has 3 N–H and O–H groups in total. The molecule has 0 radical (unpaired) electrons. The van der Waals surface area contributed by atoms with Crippen LogP contribution in [0, 0.1) is 6.92 Å². The second-order valence-corrected chi connectivity index (χ2v) is 5.94. The highest BCUT2D eigenvalue weighted by Gasteiger charge is 2.35. The summed E-state index contributed by atoms with van der Waals surface area (Å²) in [6.07, 6.45) is 3.68. The fourth-order valence-corrected chi connectivity index (χ4v) is 3.15. The summed E-state index contributed by atoms with van der Waals surface area (Å²) in [6.45, 7) is 6.91. The molecule has 1 atom stereocenters. The first-order valence-corrected chi connectivity index (χ1v) is 7.81. The highest BCUT2D eigenvalue weighted by atomic mass is 16.5. The summed E-state index contributed by atoms with van der Waals surface area (Å²) < 4.78 is 5.95. The Morgan fingerprint density at radius 1 is 1.43 bits per heavy atom. The molecule has 0 bridgehead atoms. The van der Waals surface area contributed by atoms with E-state index in [1.54, 1.807) is 6.07 Å².